The van der Waals surface area contributed by atoms with Gasteiger partial charge in [0.05, 0.1) is 0 Å². The Kier molecular flexibility index (Phi) is 6.91. The first kappa shape index (κ1) is 19.8. The van der Waals surface area contributed by atoms with Gasteiger partial charge in [-0.3, -0.25) is 4.79 Å². The van der Waals surface area contributed by atoms with Gasteiger partial charge in [0.15, 0.2) is 0 Å². The normalized spacial score (nSPS) is 14.1. The van der Waals surface area contributed by atoms with E-state index in [0.717, 1.165) is 0 Å². The predicted octanol–water partition coefficient (Wildman–Crippen LogP) is 5.21. The molecule has 0 saturated carbocycles. The van der Waals surface area contributed by atoms with Crippen molar-refractivity contribution in [3.63, 3.8) is 0 Å². The van der Waals surface area contributed by atoms with Crippen LogP contribution < -0.4 is 0 Å². The molecule has 0 aliphatic rings. The summed E-state index contributed by atoms with van der Waals surface area (Å²) in [5, 5.41) is -0.413. The molecule has 0 aromatic heterocycles. The topological polar surface area (TPSA) is 17.1 Å². The average Bonchev–Trinajstić information content (AvgIpc) is 2.51. The lowest BCUT2D eigenvalue weighted by molar-refractivity contribution is -0.232. The van der Waals surface area contributed by atoms with E-state index in [0.29, 0.717) is 17.3 Å². The highest BCUT2D eigenvalue weighted by atomic mass is 32.2. The third kappa shape index (κ3) is 5.40. The van der Waals surface area contributed by atoms with Gasteiger partial charge in [-0.2, -0.15) is 8.78 Å². The maximum absolute atomic E-state index is 13.2. The molecule has 0 N–H and O–H groups in total. The van der Waals surface area contributed by atoms with E-state index in [2.05, 4.69) is 0 Å². The third-order valence-corrected chi connectivity index (χ3v) is 3.89. The fraction of sp³-hybridized carbons (Fsp3) is 0.500. The number of benzene rings is 1. The van der Waals surface area contributed by atoms with Gasteiger partial charge in [-0.15, -0.1) is 0 Å². The quantitative estimate of drug-likeness (QED) is 0.466. The van der Waals surface area contributed by atoms with Crippen LogP contribution in [0, 0.1) is 0 Å². The van der Waals surface area contributed by atoms with Crippen LogP contribution in [0.1, 0.15) is 23.2 Å². The van der Waals surface area contributed by atoms with E-state index in [1.54, 1.807) is 18.2 Å². The van der Waals surface area contributed by atoms with E-state index in [4.69, 9.17) is 0 Å². The van der Waals surface area contributed by atoms with Crippen LogP contribution in [-0.2, 0) is 0 Å². The van der Waals surface area contributed by atoms with Crippen LogP contribution in [-0.4, -0.2) is 35.3 Å². The predicted molar refractivity (Wildman–Crippen MR) is 73.3 cm³/mol. The summed E-state index contributed by atoms with van der Waals surface area (Å²) in [5.74, 6) is -10.2. The molecule has 1 rings (SSSR count). The Hall–Kier alpha value is -1.25. The van der Waals surface area contributed by atoms with E-state index >= 15 is 0 Å². The first-order valence-electron chi connectivity index (χ1n) is 6.49. The molecule has 1 aromatic rings. The van der Waals surface area contributed by atoms with Gasteiger partial charge in [-0.1, -0.05) is 42.1 Å². The minimum Gasteiger partial charge on any atom is -0.282 e. The van der Waals surface area contributed by atoms with E-state index < -0.39 is 42.4 Å². The Bertz CT molecular complexity index is 507. The number of rotatable bonds is 8. The van der Waals surface area contributed by atoms with Gasteiger partial charge >= 0.3 is 12.3 Å². The van der Waals surface area contributed by atoms with Gasteiger partial charge in [0.2, 0.25) is 11.3 Å². The number of hydrogen-bond acceptors (Lipinski definition) is 2. The molecule has 0 aliphatic heterocycles. The van der Waals surface area contributed by atoms with Gasteiger partial charge in [-0.05, 0) is 6.42 Å². The molecular weight excluding hydrogens is 349 g/mol. The lowest BCUT2D eigenvalue weighted by Crippen LogP contribution is -2.48. The summed E-state index contributed by atoms with van der Waals surface area (Å²) in [6, 6.07) is 7.88. The second kappa shape index (κ2) is 8.03. The van der Waals surface area contributed by atoms with Crippen LogP contribution in [0.5, 0.6) is 0 Å². The van der Waals surface area contributed by atoms with Crippen molar-refractivity contribution in [3.8, 4) is 0 Å². The number of thioether (sulfide) groups is 1. The average molecular weight is 362 g/mol. The molecule has 9 heteroatoms. The zero-order valence-corrected chi connectivity index (χ0v) is 12.4. The number of hydrogen-bond donors (Lipinski definition) is 0. The Morgan fingerprint density at radius 2 is 1.61 bits per heavy atom. The lowest BCUT2D eigenvalue weighted by atomic mass is 10.0. The summed E-state index contributed by atoms with van der Waals surface area (Å²) in [5.41, 5.74) is 0.330. The fourth-order valence-electron chi connectivity index (χ4n) is 1.65. The molecule has 0 aliphatic carbocycles. The van der Waals surface area contributed by atoms with Gasteiger partial charge in [-0.25, -0.2) is 22.0 Å². The summed E-state index contributed by atoms with van der Waals surface area (Å²) < 4.78 is 88.5. The van der Waals surface area contributed by atoms with Gasteiger partial charge in [0, 0.05) is 17.7 Å². The van der Waals surface area contributed by atoms with Crippen molar-refractivity contribution in [1.82, 2.24) is 0 Å². The van der Waals surface area contributed by atoms with Gasteiger partial charge in [0.25, 0.3) is 5.92 Å². The maximum Gasteiger partial charge on any atom is 0.343 e. The third-order valence-electron chi connectivity index (χ3n) is 2.90. The van der Waals surface area contributed by atoms with Crippen molar-refractivity contribution in [2.75, 3.05) is 5.75 Å². The molecule has 1 nitrogen and oxygen atoms in total. The van der Waals surface area contributed by atoms with Crippen LogP contribution in [0.4, 0.5) is 30.7 Å². The van der Waals surface area contributed by atoms with Crippen molar-refractivity contribution >= 4 is 16.9 Å². The van der Waals surface area contributed by atoms with Crippen LogP contribution in [0.25, 0.3) is 0 Å². The largest absolute Gasteiger partial charge is 0.343 e. The highest BCUT2D eigenvalue weighted by molar-refractivity contribution is 8.14. The zero-order valence-electron chi connectivity index (χ0n) is 11.6. The Balaban J connectivity index is 2.46. The SMILES string of the molecule is O=C(SCCCC(F)(F)C(F)C(F)(F)C(F)F)c1ccccc1. The number of carbonyl (C=O) groups excluding carboxylic acids is 1. The Morgan fingerprint density at radius 3 is 2.13 bits per heavy atom. The first-order valence-corrected chi connectivity index (χ1v) is 7.47. The molecular formula is C14H13F7OS. The van der Waals surface area contributed by atoms with Crippen molar-refractivity contribution in [2.24, 2.45) is 0 Å². The maximum atomic E-state index is 13.2. The molecule has 0 amide bonds. The summed E-state index contributed by atoms with van der Waals surface area (Å²) in [4.78, 5) is 11.6. The fourth-order valence-corrected chi connectivity index (χ4v) is 2.43. The van der Waals surface area contributed by atoms with Crippen molar-refractivity contribution in [2.45, 2.75) is 37.3 Å². The molecule has 0 fully saturated rings. The molecule has 1 unspecified atom stereocenters. The zero-order chi connectivity index (χ0) is 17.7. The number of alkyl halides is 7. The standard InChI is InChI=1S/C14H13F7OS/c15-11(14(20,21)12(16)17)13(18,19)7-4-8-23-10(22)9-5-2-1-3-6-9/h1-3,5-6,11-12H,4,7-8H2. The molecule has 0 heterocycles. The molecule has 1 aromatic carbocycles. The molecule has 23 heavy (non-hydrogen) atoms. The van der Waals surface area contributed by atoms with Crippen molar-refractivity contribution < 1.29 is 35.5 Å². The molecule has 0 spiro atoms. The smallest absolute Gasteiger partial charge is 0.282 e. The highest BCUT2D eigenvalue weighted by Gasteiger charge is 2.60. The van der Waals surface area contributed by atoms with Crippen LogP contribution in [0.15, 0.2) is 30.3 Å². The van der Waals surface area contributed by atoms with Crippen molar-refractivity contribution in [3.05, 3.63) is 35.9 Å². The molecule has 1 atom stereocenters. The summed E-state index contributed by atoms with van der Waals surface area (Å²) >= 11 is 0.665. The summed E-state index contributed by atoms with van der Waals surface area (Å²) in [6.45, 7) is 0. The van der Waals surface area contributed by atoms with Crippen molar-refractivity contribution in [1.29, 1.82) is 0 Å². The minimum absolute atomic E-state index is 0.170. The monoisotopic (exact) mass is 362 g/mol. The number of carbonyl (C=O) groups is 1. The van der Waals surface area contributed by atoms with E-state index in [1.165, 1.54) is 12.1 Å². The van der Waals surface area contributed by atoms with Gasteiger partial charge in [0.1, 0.15) is 0 Å². The van der Waals surface area contributed by atoms with E-state index in [9.17, 15) is 35.5 Å². The second-order valence-corrected chi connectivity index (χ2v) is 5.77. The molecule has 130 valence electrons. The molecule has 0 bridgehead atoms. The van der Waals surface area contributed by atoms with Crippen LogP contribution >= 0.6 is 11.8 Å². The molecule has 0 saturated heterocycles. The van der Waals surface area contributed by atoms with E-state index in [-0.39, 0.29) is 5.75 Å². The van der Waals surface area contributed by atoms with Crippen LogP contribution in [0.2, 0.25) is 0 Å². The molecule has 0 radical (unpaired) electrons. The summed E-state index contributed by atoms with van der Waals surface area (Å²) in [7, 11) is 0. The lowest BCUT2D eigenvalue weighted by Gasteiger charge is -2.26. The first-order chi connectivity index (χ1) is 10.6. The highest BCUT2D eigenvalue weighted by Crippen LogP contribution is 2.40. The van der Waals surface area contributed by atoms with E-state index in [1.807, 2.05) is 0 Å². The second-order valence-electron chi connectivity index (χ2n) is 4.70. The number of halogens is 7. The summed E-state index contributed by atoms with van der Waals surface area (Å²) in [6.07, 6.45) is -10.6. The van der Waals surface area contributed by atoms with Gasteiger partial charge < -0.3 is 0 Å². The Labute approximate surface area is 132 Å². The van der Waals surface area contributed by atoms with Crippen LogP contribution in [0.3, 0.4) is 0 Å². The Morgan fingerprint density at radius 1 is 1.04 bits per heavy atom. The minimum atomic E-state index is -5.42.